The molecule has 0 amide bonds. The van der Waals surface area contributed by atoms with Crippen molar-refractivity contribution in [1.29, 1.82) is 0 Å². The highest BCUT2D eigenvalue weighted by atomic mass is 35.7. The Morgan fingerprint density at radius 2 is 2.00 bits per heavy atom. The Morgan fingerprint density at radius 3 is 2.53 bits per heavy atom. The first-order valence-electron chi connectivity index (χ1n) is 6.63. The molecule has 0 N–H and O–H groups in total. The Labute approximate surface area is 119 Å². The highest BCUT2D eigenvalue weighted by Crippen LogP contribution is 2.40. The van der Waals surface area contributed by atoms with Gasteiger partial charge in [-0.2, -0.15) is 5.10 Å². The van der Waals surface area contributed by atoms with Gasteiger partial charge in [-0.05, 0) is 38.0 Å². The summed E-state index contributed by atoms with van der Waals surface area (Å²) in [6, 6.07) is 0.388. The number of halogens is 1. The van der Waals surface area contributed by atoms with Gasteiger partial charge in [0.2, 0.25) is 9.05 Å². The van der Waals surface area contributed by atoms with Gasteiger partial charge in [-0.25, -0.2) is 8.42 Å². The SMILES string of the molecule is Cc1nn(C2CCC(C)(C)CC2)cc1CS(=O)(=O)Cl. The van der Waals surface area contributed by atoms with Gasteiger partial charge in [-0.1, -0.05) is 13.8 Å². The predicted octanol–water partition coefficient (Wildman–Crippen LogP) is 3.40. The van der Waals surface area contributed by atoms with Crippen molar-refractivity contribution in [1.82, 2.24) is 9.78 Å². The first kappa shape index (κ1) is 14.9. The first-order valence-corrected chi connectivity index (χ1v) is 9.11. The van der Waals surface area contributed by atoms with Crippen molar-refractivity contribution in [3.8, 4) is 0 Å². The summed E-state index contributed by atoms with van der Waals surface area (Å²) in [5.74, 6) is -0.140. The summed E-state index contributed by atoms with van der Waals surface area (Å²) < 4.78 is 24.2. The number of aromatic nitrogens is 2. The molecule has 1 saturated carbocycles. The van der Waals surface area contributed by atoms with Gasteiger partial charge in [0.1, 0.15) is 0 Å². The molecular weight excluding hydrogens is 284 g/mol. The summed E-state index contributed by atoms with van der Waals surface area (Å²) >= 11 is 0. The third-order valence-electron chi connectivity index (χ3n) is 4.03. The van der Waals surface area contributed by atoms with Gasteiger partial charge in [0.15, 0.2) is 0 Å². The van der Waals surface area contributed by atoms with Crippen LogP contribution in [0.2, 0.25) is 0 Å². The molecule has 1 fully saturated rings. The molecule has 0 spiro atoms. The van der Waals surface area contributed by atoms with Crippen LogP contribution in [0.4, 0.5) is 0 Å². The maximum Gasteiger partial charge on any atom is 0.236 e. The quantitative estimate of drug-likeness (QED) is 0.804. The van der Waals surface area contributed by atoms with E-state index in [1.807, 2.05) is 17.8 Å². The van der Waals surface area contributed by atoms with E-state index in [1.54, 1.807) is 0 Å². The average molecular weight is 305 g/mol. The minimum absolute atomic E-state index is 0.140. The van der Waals surface area contributed by atoms with Crippen LogP contribution in [0.15, 0.2) is 6.20 Å². The van der Waals surface area contributed by atoms with Crippen molar-refractivity contribution < 1.29 is 8.42 Å². The topological polar surface area (TPSA) is 52.0 Å². The first-order chi connectivity index (χ1) is 8.66. The molecule has 0 saturated heterocycles. The van der Waals surface area contributed by atoms with Crippen LogP contribution in [-0.4, -0.2) is 18.2 Å². The van der Waals surface area contributed by atoms with Gasteiger partial charge >= 0.3 is 0 Å². The van der Waals surface area contributed by atoms with Crippen LogP contribution in [-0.2, 0) is 14.8 Å². The predicted molar refractivity (Wildman–Crippen MR) is 76.7 cm³/mol. The van der Waals surface area contributed by atoms with E-state index in [0.29, 0.717) is 17.0 Å². The van der Waals surface area contributed by atoms with Crippen molar-refractivity contribution in [2.45, 2.75) is 58.2 Å². The van der Waals surface area contributed by atoms with Crippen molar-refractivity contribution >= 4 is 19.7 Å². The molecular formula is C13H21ClN2O2S. The lowest BCUT2D eigenvalue weighted by molar-refractivity contribution is 0.186. The molecule has 0 radical (unpaired) electrons. The Hall–Kier alpha value is -0.550. The maximum absolute atomic E-state index is 11.2. The van der Waals surface area contributed by atoms with Crippen LogP contribution in [0.3, 0.4) is 0 Å². The summed E-state index contributed by atoms with van der Waals surface area (Å²) in [7, 11) is 1.79. The summed E-state index contributed by atoms with van der Waals surface area (Å²) in [6.07, 6.45) is 6.40. The molecule has 108 valence electrons. The molecule has 6 heteroatoms. The maximum atomic E-state index is 11.2. The van der Waals surface area contributed by atoms with Gasteiger partial charge in [-0.3, -0.25) is 4.68 Å². The number of hydrogen-bond acceptors (Lipinski definition) is 3. The second kappa shape index (κ2) is 5.09. The molecule has 1 aliphatic carbocycles. The van der Waals surface area contributed by atoms with Crippen molar-refractivity contribution in [3.05, 3.63) is 17.5 Å². The van der Waals surface area contributed by atoms with E-state index in [1.165, 1.54) is 12.8 Å². The molecule has 0 bridgehead atoms. The van der Waals surface area contributed by atoms with Gasteiger partial charge in [0, 0.05) is 22.4 Å². The molecule has 0 aromatic carbocycles. The molecule has 1 aromatic heterocycles. The van der Waals surface area contributed by atoms with Crippen molar-refractivity contribution in [2.75, 3.05) is 0 Å². The molecule has 1 aliphatic rings. The number of nitrogens with zero attached hydrogens (tertiary/aromatic N) is 2. The molecule has 1 heterocycles. The fourth-order valence-corrected chi connectivity index (χ4v) is 3.69. The lowest BCUT2D eigenvalue weighted by atomic mass is 9.76. The number of rotatable bonds is 3. The summed E-state index contributed by atoms with van der Waals surface area (Å²) in [5.41, 5.74) is 1.88. The van der Waals surface area contributed by atoms with Crippen molar-refractivity contribution in [2.24, 2.45) is 5.41 Å². The average Bonchev–Trinajstić information content (AvgIpc) is 2.57. The fraction of sp³-hybridized carbons (Fsp3) is 0.769. The molecule has 0 unspecified atom stereocenters. The lowest BCUT2D eigenvalue weighted by Gasteiger charge is -2.34. The standard InChI is InChI=1S/C13H21ClN2O2S/c1-10-11(9-19(14,17)18)8-16(15-10)12-4-6-13(2,3)7-5-12/h8,12H,4-7,9H2,1-3H3. The van der Waals surface area contributed by atoms with E-state index in [-0.39, 0.29) is 5.75 Å². The Bertz CT molecular complexity index is 553. The molecule has 0 aliphatic heterocycles. The van der Waals surface area contributed by atoms with E-state index in [9.17, 15) is 8.42 Å². The molecule has 4 nitrogen and oxygen atoms in total. The third kappa shape index (κ3) is 3.96. The zero-order chi connectivity index (χ0) is 14.3. The number of aryl methyl sites for hydroxylation is 1. The zero-order valence-corrected chi connectivity index (χ0v) is 13.3. The normalized spacial score (nSPS) is 20.6. The zero-order valence-electron chi connectivity index (χ0n) is 11.7. The van der Waals surface area contributed by atoms with Crippen LogP contribution in [0.5, 0.6) is 0 Å². The highest BCUT2D eigenvalue weighted by molar-refractivity contribution is 8.13. The molecule has 1 aromatic rings. The molecule has 2 rings (SSSR count). The van der Waals surface area contributed by atoms with E-state index < -0.39 is 9.05 Å². The van der Waals surface area contributed by atoms with Crippen molar-refractivity contribution in [3.63, 3.8) is 0 Å². The van der Waals surface area contributed by atoms with E-state index in [4.69, 9.17) is 10.7 Å². The van der Waals surface area contributed by atoms with Crippen LogP contribution in [0.1, 0.15) is 56.8 Å². The molecule has 19 heavy (non-hydrogen) atoms. The second-order valence-corrected chi connectivity index (χ2v) is 9.08. The highest BCUT2D eigenvalue weighted by Gasteiger charge is 2.28. The van der Waals surface area contributed by atoms with Gasteiger partial charge in [-0.15, -0.1) is 0 Å². The third-order valence-corrected chi connectivity index (χ3v) is 5.01. The smallest absolute Gasteiger partial charge is 0.236 e. The fourth-order valence-electron chi connectivity index (χ4n) is 2.68. The van der Waals surface area contributed by atoms with Gasteiger partial charge in [0.05, 0.1) is 17.5 Å². The van der Waals surface area contributed by atoms with Crippen LogP contribution in [0, 0.1) is 12.3 Å². The van der Waals surface area contributed by atoms with Gasteiger partial charge in [0.25, 0.3) is 0 Å². The van der Waals surface area contributed by atoms with E-state index in [0.717, 1.165) is 18.5 Å². The summed E-state index contributed by atoms with van der Waals surface area (Å²) in [5, 5.41) is 4.46. The lowest BCUT2D eigenvalue weighted by Crippen LogP contribution is -2.23. The monoisotopic (exact) mass is 304 g/mol. The van der Waals surface area contributed by atoms with Crippen LogP contribution >= 0.6 is 10.7 Å². The Kier molecular flexibility index (Phi) is 3.98. The van der Waals surface area contributed by atoms with Crippen LogP contribution in [0.25, 0.3) is 0 Å². The molecule has 0 atom stereocenters. The Morgan fingerprint density at radius 1 is 1.42 bits per heavy atom. The minimum atomic E-state index is -3.52. The summed E-state index contributed by atoms with van der Waals surface area (Å²) in [4.78, 5) is 0. The van der Waals surface area contributed by atoms with Crippen LogP contribution < -0.4 is 0 Å². The minimum Gasteiger partial charge on any atom is -0.269 e. The van der Waals surface area contributed by atoms with E-state index in [2.05, 4.69) is 18.9 Å². The summed E-state index contributed by atoms with van der Waals surface area (Å²) in [6.45, 7) is 6.42. The Balaban J connectivity index is 2.13. The largest absolute Gasteiger partial charge is 0.269 e. The number of hydrogen-bond donors (Lipinski definition) is 0. The van der Waals surface area contributed by atoms with Gasteiger partial charge < -0.3 is 0 Å². The second-order valence-electron chi connectivity index (χ2n) is 6.30. The van der Waals surface area contributed by atoms with E-state index >= 15 is 0 Å².